The smallest absolute Gasteiger partial charge is 0.274 e. The van der Waals surface area contributed by atoms with Gasteiger partial charge >= 0.3 is 11.0 Å². The summed E-state index contributed by atoms with van der Waals surface area (Å²) in [6, 6.07) is 11.0. The van der Waals surface area contributed by atoms with Crippen LogP contribution in [-0.2, 0) is 9.91 Å². The number of benzene rings is 1. The Labute approximate surface area is 158 Å². The van der Waals surface area contributed by atoms with Crippen molar-refractivity contribution in [3.63, 3.8) is 0 Å². The Bertz CT molecular complexity index is 1010. The number of carbonyl (C=O) groups is 2. The molecular weight excluding hydrogens is 368 g/mol. The predicted molar refractivity (Wildman–Crippen MR) is 95.4 cm³/mol. The normalized spacial score (nSPS) is 26.0. The maximum absolute atomic E-state index is 13.3. The molecule has 2 fully saturated rings. The van der Waals surface area contributed by atoms with Gasteiger partial charge in [-0.25, -0.2) is 4.90 Å². The SMILES string of the molecule is O=C1CC(c2ccccc2[N+](=O)[O-])N2C(=O)c3cccc[n+]3C23SCCN13. The summed E-state index contributed by atoms with van der Waals surface area (Å²) in [7, 11) is 0. The number of pyridine rings is 1. The van der Waals surface area contributed by atoms with Gasteiger partial charge in [-0.3, -0.25) is 24.6 Å². The van der Waals surface area contributed by atoms with Crippen LogP contribution in [0.1, 0.15) is 28.5 Å². The van der Waals surface area contributed by atoms with Crippen molar-refractivity contribution in [1.29, 1.82) is 0 Å². The molecule has 8 nitrogen and oxygen atoms in total. The van der Waals surface area contributed by atoms with Crippen LogP contribution in [0.4, 0.5) is 5.69 Å². The minimum absolute atomic E-state index is 0.0352. The fraction of sp³-hybridized carbons (Fsp3) is 0.278. The first-order valence-corrected chi connectivity index (χ1v) is 9.57. The van der Waals surface area contributed by atoms with Crippen LogP contribution in [0.2, 0.25) is 0 Å². The molecule has 9 heteroatoms. The molecule has 0 N–H and O–H groups in total. The highest BCUT2D eigenvalue weighted by Crippen LogP contribution is 2.52. The second-order valence-corrected chi connectivity index (χ2v) is 7.88. The van der Waals surface area contributed by atoms with Crippen molar-refractivity contribution in [2.75, 3.05) is 12.3 Å². The molecule has 1 aromatic carbocycles. The summed E-state index contributed by atoms with van der Waals surface area (Å²) in [5, 5.41) is 10.6. The van der Waals surface area contributed by atoms with Gasteiger partial charge in [0.1, 0.15) is 0 Å². The molecule has 2 saturated heterocycles. The van der Waals surface area contributed by atoms with E-state index in [9.17, 15) is 19.7 Å². The van der Waals surface area contributed by atoms with Crippen LogP contribution in [0.25, 0.3) is 0 Å². The molecule has 2 unspecified atom stereocenters. The fourth-order valence-electron chi connectivity index (χ4n) is 4.32. The topological polar surface area (TPSA) is 87.6 Å². The van der Waals surface area contributed by atoms with Gasteiger partial charge in [0.25, 0.3) is 11.4 Å². The lowest BCUT2D eigenvalue weighted by Gasteiger charge is -2.43. The standard InChI is InChI=1S/C18H15N4O4S/c23-16-11-15(12-5-1-2-6-13(12)22(25)26)21-17(24)14-7-3-4-8-19(14)18(21)20(16)9-10-27-18/h1-8,15H,9-11H2/q+1. The van der Waals surface area contributed by atoms with Gasteiger partial charge < -0.3 is 0 Å². The lowest BCUT2D eigenvalue weighted by atomic mass is 9.97. The monoisotopic (exact) mass is 383 g/mol. The highest BCUT2D eigenvalue weighted by Gasteiger charge is 2.70. The number of aromatic nitrogens is 1. The average molecular weight is 383 g/mol. The van der Waals surface area contributed by atoms with E-state index < -0.39 is 16.1 Å². The number of nitrogens with zero attached hydrogens (tertiary/aromatic N) is 4. The largest absolute Gasteiger partial charge is 0.383 e. The van der Waals surface area contributed by atoms with E-state index >= 15 is 0 Å². The highest BCUT2D eigenvalue weighted by atomic mass is 32.2. The molecule has 0 aliphatic carbocycles. The minimum atomic E-state index is -0.989. The number of hydrogen-bond donors (Lipinski definition) is 0. The first kappa shape index (κ1) is 16.2. The first-order valence-electron chi connectivity index (χ1n) is 8.58. The molecule has 1 spiro atoms. The number of nitro groups is 1. The van der Waals surface area contributed by atoms with Gasteiger partial charge in [0, 0.05) is 30.5 Å². The molecule has 3 aliphatic rings. The van der Waals surface area contributed by atoms with Crippen molar-refractivity contribution in [1.82, 2.24) is 9.80 Å². The van der Waals surface area contributed by atoms with Gasteiger partial charge in [-0.2, -0.15) is 0 Å². The summed E-state index contributed by atoms with van der Waals surface area (Å²) < 4.78 is 1.83. The van der Waals surface area contributed by atoms with Crippen LogP contribution in [0.5, 0.6) is 0 Å². The van der Waals surface area contributed by atoms with Crippen molar-refractivity contribution in [3.8, 4) is 0 Å². The van der Waals surface area contributed by atoms with Crippen LogP contribution in [0.15, 0.2) is 48.7 Å². The molecule has 2 amide bonds. The predicted octanol–water partition coefficient (Wildman–Crippen LogP) is 1.63. The Morgan fingerprint density at radius 3 is 2.78 bits per heavy atom. The Morgan fingerprint density at radius 2 is 1.96 bits per heavy atom. The number of hydrogen-bond acceptors (Lipinski definition) is 5. The number of thioether (sulfide) groups is 1. The Kier molecular flexibility index (Phi) is 3.33. The molecular formula is C18H15N4O4S+. The molecule has 136 valence electrons. The van der Waals surface area contributed by atoms with E-state index in [1.54, 1.807) is 46.3 Å². The van der Waals surface area contributed by atoms with Crippen LogP contribution < -0.4 is 4.57 Å². The molecule has 27 heavy (non-hydrogen) atoms. The van der Waals surface area contributed by atoms with E-state index in [1.807, 2.05) is 10.6 Å². The van der Waals surface area contributed by atoms with E-state index in [4.69, 9.17) is 0 Å². The summed E-state index contributed by atoms with van der Waals surface area (Å²) in [6.07, 6.45) is 1.83. The molecule has 2 atom stereocenters. The first-order chi connectivity index (χ1) is 13.1. The summed E-state index contributed by atoms with van der Waals surface area (Å²) in [4.78, 5) is 40.8. The van der Waals surface area contributed by atoms with Gasteiger partial charge in [-0.05, 0) is 17.8 Å². The van der Waals surface area contributed by atoms with Gasteiger partial charge in [-0.1, -0.05) is 18.2 Å². The summed E-state index contributed by atoms with van der Waals surface area (Å²) in [6.45, 7) is 0.540. The third-order valence-electron chi connectivity index (χ3n) is 5.36. The van der Waals surface area contributed by atoms with Crippen LogP contribution in [0.3, 0.4) is 0 Å². The number of fused-ring (bicyclic) bond motifs is 1. The van der Waals surface area contributed by atoms with E-state index in [0.717, 1.165) is 0 Å². The number of nitro benzene ring substituents is 1. The van der Waals surface area contributed by atoms with Gasteiger partial charge in [0.05, 0.1) is 22.9 Å². The van der Waals surface area contributed by atoms with Crippen molar-refractivity contribution in [2.24, 2.45) is 0 Å². The summed E-state index contributed by atoms with van der Waals surface area (Å²) in [5.74, 6) is 0.377. The molecule has 1 aromatic heterocycles. The lowest BCUT2D eigenvalue weighted by Crippen LogP contribution is -2.70. The van der Waals surface area contributed by atoms with Crippen LogP contribution in [0, 0.1) is 10.1 Å². The summed E-state index contributed by atoms with van der Waals surface area (Å²) in [5.41, 5.74) is 0.801. The zero-order chi connectivity index (χ0) is 18.8. The lowest BCUT2D eigenvalue weighted by molar-refractivity contribution is -0.767. The van der Waals surface area contributed by atoms with E-state index in [1.165, 1.54) is 17.8 Å². The number of para-hydroxylation sites is 1. The average Bonchev–Trinajstić information content (AvgIpc) is 3.23. The maximum atomic E-state index is 13.3. The van der Waals surface area contributed by atoms with Crippen molar-refractivity contribution >= 4 is 29.3 Å². The van der Waals surface area contributed by atoms with Crippen LogP contribution >= 0.6 is 11.8 Å². The third-order valence-corrected chi connectivity index (χ3v) is 6.75. The summed E-state index contributed by atoms with van der Waals surface area (Å²) >= 11 is 1.51. The third kappa shape index (κ3) is 1.97. The Morgan fingerprint density at radius 1 is 1.19 bits per heavy atom. The second kappa shape index (κ2) is 5.53. The molecule has 4 heterocycles. The molecule has 2 aromatic rings. The maximum Gasteiger partial charge on any atom is 0.383 e. The zero-order valence-corrected chi connectivity index (χ0v) is 15.0. The van der Waals surface area contributed by atoms with E-state index in [-0.39, 0.29) is 23.9 Å². The molecule has 3 aliphatic heterocycles. The molecule has 0 radical (unpaired) electrons. The Hall–Kier alpha value is -2.94. The van der Waals surface area contributed by atoms with Crippen LogP contribution in [-0.4, -0.2) is 38.8 Å². The van der Waals surface area contributed by atoms with E-state index in [2.05, 4.69) is 0 Å². The van der Waals surface area contributed by atoms with Crippen molar-refractivity contribution in [2.45, 2.75) is 17.6 Å². The fourth-order valence-corrected chi connectivity index (χ4v) is 5.87. The number of carbonyl (C=O) groups excluding carboxylic acids is 2. The molecule has 5 rings (SSSR count). The molecule has 0 saturated carbocycles. The van der Waals surface area contributed by atoms with Crippen molar-refractivity contribution in [3.05, 3.63) is 70.0 Å². The van der Waals surface area contributed by atoms with Gasteiger partial charge in [0.15, 0.2) is 6.20 Å². The quantitative estimate of drug-likeness (QED) is 0.447. The van der Waals surface area contributed by atoms with E-state index in [0.29, 0.717) is 23.6 Å². The Balaban J connectivity index is 1.75. The molecule has 0 bridgehead atoms. The second-order valence-electron chi connectivity index (χ2n) is 6.63. The van der Waals surface area contributed by atoms with Gasteiger partial charge in [-0.15, -0.1) is 4.57 Å². The van der Waals surface area contributed by atoms with Gasteiger partial charge in [0.2, 0.25) is 5.91 Å². The minimum Gasteiger partial charge on any atom is -0.274 e. The number of rotatable bonds is 2. The highest BCUT2D eigenvalue weighted by molar-refractivity contribution is 8.00. The van der Waals surface area contributed by atoms with Crippen molar-refractivity contribution < 1.29 is 19.1 Å². The number of amides is 2. The zero-order valence-electron chi connectivity index (χ0n) is 14.1.